The molecule has 1 atom stereocenters. The monoisotopic (exact) mass is 364 g/mol. The highest BCUT2D eigenvalue weighted by Crippen LogP contribution is 2.27. The van der Waals surface area contributed by atoms with E-state index in [9.17, 15) is 4.79 Å². The minimum Gasteiger partial charge on any atom is -0.341 e. The van der Waals surface area contributed by atoms with Crippen LogP contribution in [0.1, 0.15) is 19.0 Å². The van der Waals surface area contributed by atoms with E-state index in [0.29, 0.717) is 22.6 Å². The van der Waals surface area contributed by atoms with Crippen LogP contribution in [0.2, 0.25) is 10.0 Å². The van der Waals surface area contributed by atoms with Gasteiger partial charge in [0.2, 0.25) is 5.91 Å². The summed E-state index contributed by atoms with van der Waals surface area (Å²) in [5, 5.41) is 4.47. The molecule has 7 heteroatoms. The lowest BCUT2D eigenvalue weighted by Gasteiger charge is -2.15. The number of hydrogen-bond acceptors (Lipinski definition) is 4. The lowest BCUT2D eigenvalue weighted by atomic mass is 10.1. The molecule has 1 unspecified atom stereocenters. The maximum absolute atomic E-state index is 11.4. The fraction of sp³-hybridized carbons (Fsp3) is 0.353. The highest BCUT2D eigenvalue weighted by molar-refractivity contribution is 6.42. The van der Waals surface area contributed by atoms with Crippen molar-refractivity contribution in [3.8, 4) is 11.3 Å². The van der Waals surface area contributed by atoms with Crippen molar-refractivity contribution in [1.82, 2.24) is 20.2 Å². The van der Waals surface area contributed by atoms with Crippen molar-refractivity contribution in [2.45, 2.75) is 25.9 Å². The molecule has 0 bridgehead atoms. The lowest BCUT2D eigenvalue weighted by Crippen LogP contribution is -2.34. The minimum atomic E-state index is 0.128. The Kier molecular flexibility index (Phi) is 5.33. The van der Waals surface area contributed by atoms with Gasteiger partial charge in [-0.05, 0) is 24.6 Å². The van der Waals surface area contributed by atoms with E-state index in [0.717, 1.165) is 36.5 Å². The molecule has 0 saturated carbocycles. The van der Waals surface area contributed by atoms with E-state index in [-0.39, 0.29) is 5.91 Å². The van der Waals surface area contributed by atoms with Crippen LogP contribution in [0.3, 0.4) is 0 Å². The van der Waals surface area contributed by atoms with Gasteiger partial charge in [0.25, 0.3) is 0 Å². The molecule has 1 fully saturated rings. The van der Waals surface area contributed by atoms with Crippen molar-refractivity contribution in [1.29, 1.82) is 0 Å². The standard InChI is InChI=1S/C17H18Cl2N4O/c1-11(24)23-5-4-13(9-23)20-8-14-7-17(22-10-21-14)12-2-3-15(18)16(19)6-12/h2-3,6-7,10,13,20H,4-5,8-9H2,1H3. The van der Waals surface area contributed by atoms with Crippen LogP contribution in [0.5, 0.6) is 0 Å². The Morgan fingerprint density at radius 3 is 2.83 bits per heavy atom. The van der Waals surface area contributed by atoms with Crippen molar-refractivity contribution in [2.24, 2.45) is 0 Å². The van der Waals surface area contributed by atoms with Gasteiger partial charge in [-0.15, -0.1) is 0 Å². The van der Waals surface area contributed by atoms with Gasteiger partial charge in [-0.3, -0.25) is 4.79 Å². The Balaban J connectivity index is 1.65. The third-order valence-electron chi connectivity index (χ3n) is 4.14. The average Bonchev–Trinajstić information content (AvgIpc) is 3.05. The molecule has 0 aliphatic carbocycles. The number of amides is 1. The van der Waals surface area contributed by atoms with Crippen LogP contribution >= 0.6 is 23.2 Å². The number of nitrogens with zero attached hydrogens (tertiary/aromatic N) is 3. The molecule has 1 saturated heterocycles. The fourth-order valence-electron chi connectivity index (χ4n) is 2.77. The van der Waals surface area contributed by atoms with Crippen molar-refractivity contribution < 1.29 is 4.79 Å². The zero-order valence-electron chi connectivity index (χ0n) is 13.3. The third kappa shape index (κ3) is 4.04. The van der Waals surface area contributed by atoms with Gasteiger partial charge < -0.3 is 10.2 Å². The quantitative estimate of drug-likeness (QED) is 0.904. The number of rotatable bonds is 4. The first kappa shape index (κ1) is 17.1. The van der Waals surface area contributed by atoms with Crippen LogP contribution in [0, 0.1) is 0 Å². The summed E-state index contributed by atoms with van der Waals surface area (Å²) in [5.74, 6) is 0.128. The number of likely N-dealkylation sites (tertiary alicyclic amines) is 1. The van der Waals surface area contributed by atoms with Gasteiger partial charge in [0.05, 0.1) is 21.4 Å². The second kappa shape index (κ2) is 7.47. The summed E-state index contributed by atoms with van der Waals surface area (Å²) in [6.07, 6.45) is 2.51. The maximum atomic E-state index is 11.4. The maximum Gasteiger partial charge on any atom is 0.219 e. The van der Waals surface area contributed by atoms with Gasteiger partial charge in [0.1, 0.15) is 6.33 Å². The Morgan fingerprint density at radius 2 is 2.12 bits per heavy atom. The summed E-state index contributed by atoms with van der Waals surface area (Å²) in [6, 6.07) is 7.68. The van der Waals surface area contributed by atoms with E-state index >= 15 is 0 Å². The first-order valence-electron chi connectivity index (χ1n) is 7.78. The number of nitrogens with one attached hydrogen (secondary N) is 1. The van der Waals surface area contributed by atoms with Gasteiger partial charge in [0.15, 0.2) is 0 Å². The molecule has 0 radical (unpaired) electrons. The number of carbonyl (C=O) groups is 1. The summed E-state index contributed by atoms with van der Waals surface area (Å²) in [6.45, 7) is 3.80. The topological polar surface area (TPSA) is 58.1 Å². The van der Waals surface area contributed by atoms with Crippen molar-refractivity contribution in [2.75, 3.05) is 13.1 Å². The van der Waals surface area contributed by atoms with Crippen molar-refractivity contribution in [3.63, 3.8) is 0 Å². The van der Waals surface area contributed by atoms with Crippen LogP contribution in [0.4, 0.5) is 0 Å². The van der Waals surface area contributed by atoms with Gasteiger partial charge in [-0.1, -0.05) is 29.3 Å². The highest BCUT2D eigenvalue weighted by Gasteiger charge is 2.23. The number of aromatic nitrogens is 2. The molecule has 1 N–H and O–H groups in total. The minimum absolute atomic E-state index is 0.128. The summed E-state index contributed by atoms with van der Waals surface area (Å²) in [7, 11) is 0. The molecule has 126 valence electrons. The SMILES string of the molecule is CC(=O)N1CCC(NCc2cc(-c3ccc(Cl)c(Cl)c3)ncn2)C1. The Hall–Kier alpha value is -1.69. The van der Waals surface area contributed by atoms with Gasteiger partial charge in [-0.2, -0.15) is 0 Å². The normalized spacial score (nSPS) is 17.3. The molecule has 3 rings (SSSR count). The lowest BCUT2D eigenvalue weighted by molar-refractivity contribution is -0.127. The Morgan fingerprint density at radius 1 is 1.29 bits per heavy atom. The molecule has 2 heterocycles. The molecule has 1 aromatic heterocycles. The number of halogens is 2. The number of carbonyl (C=O) groups excluding carboxylic acids is 1. The van der Waals surface area contributed by atoms with Crippen LogP contribution < -0.4 is 5.32 Å². The first-order chi connectivity index (χ1) is 11.5. The van der Waals surface area contributed by atoms with Gasteiger partial charge in [0, 0.05) is 38.2 Å². The van der Waals surface area contributed by atoms with Crippen molar-refractivity contribution in [3.05, 3.63) is 46.3 Å². The molecule has 0 spiro atoms. The van der Waals surface area contributed by atoms with Crippen LogP contribution in [-0.4, -0.2) is 39.9 Å². The summed E-state index contributed by atoms with van der Waals surface area (Å²) in [5.41, 5.74) is 2.60. The second-order valence-corrected chi connectivity index (χ2v) is 6.67. The molecule has 24 heavy (non-hydrogen) atoms. The molecule has 2 aromatic rings. The Labute approximate surface area is 151 Å². The zero-order valence-corrected chi connectivity index (χ0v) is 14.8. The highest BCUT2D eigenvalue weighted by atomic mass is 35.5. The molecule has 1 aliphatic heterocycles. The molecular formula is C17H18Cl2N4O. The third-order valence-corrected chi connectivity index (χ3v) is 4.88. The summed E-state index contributed by atoms with van der Waals surface area (Å²) >= 11 is 12.0. The largest absolute Gasteiger partial charge is 0.341 e. The second-order valence-electron chi connectivity index (χ2n) is 5.86. The predicted octanol–water partition coefficient (Wildman–Crippen LogP) is 3.16. The van der Waals surface area contributed by atoms with Crippen molar-refractivity contribution >= 4 is 29.1 Å². The van der Waals surface area contributed by atoms with E-state index < -0.39 is 0 Å². The van der Waals surface area contributed by atoms with Crippen LogP contribution in [0.15, 0.2) is 30.6 Å². The number of benzene rings is 1. The van der Waals surface area contributed by atoms with E-state index in [1.165, 1.54) is 0 Å². The van der Waals surface area contributed by atoms with E-state index in [1.54, 1.807) is 25.4 Å². The molecule has 5 nitrogen and oxygen atoms in total. The predicted molar refractivity (Wildman–Crippen MR) is 95.0 cm³/mol. The van der Waals surface area contributed by atoms with E-state index in [4.69, 9.17) is 23.2 Å². The Bertz CT molecular complexity index is 753. The zero-order chi connectivity index (χ0) is 17.1. The van der Waals surface area contributed by atoms with E-state index in [1.807, 2.05) is 17.0 Å². The fourth-order valence-corrected chi connectivity index (χ4v) is 3.07. The first-order valence-corrected chi connectivity index (χ1v) is 8.54. The number of hydrogen-bond donors (Lipinski definition) is 1. The molecule has 1 aliphatic rings. The average molecular weight is 365 g/mol. The smallest absolute Gasteiger partial charge is 0.219 e. The van der Waals surface area contributed by atoms with Crippen LogP contribution in [0.25, 0.3) is 11.3 Å². The summed E-state index contributed by atoms with van der Waals surface area (Å²) in [4.78, 5) is 21.8. The van der Waals surface area contributed by atoms with E-state index in [2.05, 4.69) is 15.3 Å². The van der Waals surface area contributed by atoms with Crippen LogP contribution in [-0.2, 0) is 11.3 Å². The molecular weight excluding hydrogens is 347 g/mol. The van der Waals surface area contributed by atoms with Gasteiger partial charge in [-0.25, -0.2) is 9.97 Å². The molecule has 1 aromatic carbocycles. The van der Waals surface area contributed by atoms with Gasteiger partial charge >= 0.3 is 0 Å². The summed E-state index contributed by atoms with van der Waals surface area (Å²) < 4.78 is 0. The molecule has 1 amide bonds.